The summed E-state index contributed by atoms with van der Waals surface area (Å²) in [5.74, 6) is 0.734. The van der Waals surface area contributed by atoms with Crippen LogP contribution in [0.1, 0.15) is 18.1 Å². The van der Waals surface area contributed by atoms with Gasteiger partial charge in [-0.1, -0.05) is 31.2 Å². The standard InChI is InChI=1S/C16H16N4/c1-2-12-6-5-7-14-13(10-18-16(12)14)11-19-20-15-8-3-4-9-17-15/h3-11,18H,2H2,1H3,(H,17,20)/b19-11+. The van der Waals surface area contributed by atoms with Crippen molar-refractivity contribution in [2.24, 2.45) is 5.10 Å². The SMILES string of the molecule is CCc1cccc2c(/C=N/Nc3ccccn3)c[nH]c12. The molecule has 4 nitrogen and oxygen atoms in total. The summed E-state index contributed by atoms with van der Waals surface area (Å²) >= 11 is 0. The third kappa shape index (κ3) is 2.40. The topological polar surface area (TPSA) is 53.1 Å². The summed E-state index contributed by atoms with van der Waals surface area (Å²) in [6, 6.07) is 12.0. The first kappa shape index (κ1) is 12.4. The highest BCUT2D eigenvalue weighted by Crippen LogP contribution is 2.21. The number of hydrogen-bond acceptors (Lipinski definition) is 3. The Balaban J connectivity index is 1.84. The van der Waals surface area contributed by atoms with E-state index in [1.165, 1.54) is 16.5 Å². The molecule has 0 unspecified atom stereocenters. The Hall–Kier alpha value is -2.62. The molecule has 2 heterocycles. The Kier molecular flexibility index (Phi) is 3.46. The zero-order chi connectivity index (χ0) is 13.8. The number of H-pyrrole nitrogens is 1. The van der Waals surface area contributed by atoms with E-state index in [2.05, 4.69) is 45.6 Å². The lowest BCUT2D eigenvalue weighted by Gasteiger charge is -1.99. The molecule has 20 heavy (non-hydrogen) atoms. The minimum absolute atomic E-state index is 0.734. The van der Waals surface area contributed by atoms with Crippen molar-refractivity contribution in [1.29, 1.82) is 0 Å². The Morgan fingerprint density at radius 3 is 3.00 bits per heavy atom. The van der Waals surface area contributed by atoms with Crippen molar-refractivity contribution in [3.05, 3.63) is 59.9 Å². The van der Waals surface area contributed by atoms with Gasteiger partial charge in [-0.2, -0.15) is 5.10 Å². The lowest BCUT2D eigenvalue weighted by Crippen LogP contribution is -1.92. The Morgan fingerprint density at radius 2 is 2.20 bits per heavy atom. The maximum absolute atomic E-state index is 4.23. The highest BCUT2D eigenvalue weighted by atomic mass is 15.3. The fourth-order valence-electron chi connectivity index (χ4n) is 2.24. The highest BCUT2D eigenvalue weighted by molar-refractivity contribution is 6.00. The average Bonchev–Trinajstić information content (AvgIpc) is 2.92. The van der Waals surface area contributed by atoms with Crippen molar-refractivity contribution in [2.75, 3.05) is 5.43 Å². The van der Waals surface area contributed by atoms with Gasteiger partial charge in [0.2, 0.25) is 0 Å². The van der Waals surface area contributed by atoms with Crippen LogP contribution in [-0.2, 0) is 6.42 Å². The molecular formula is C16H16N4. The highest BCUT2D eigenvalue weighted by Gasteiger charge is 2.04. The molecule has 0 amide bonds. The first-order valence-corrected chi connectivity index (χ1v) is 6.67. The lowest BCUT2D eigenvalue weighted by molar-refractivity contribution is 1.15. The summed E-state index contributed by atoms with van der Waals surface area (Å²) in [5, 5.41) is 5.42. The molecule has 0 bridgehead atoms. The average molecular weight is 264 g/mol. The van der Waals surface area contributed by atoms with Gasteiger partial charge in [-0.15, -0.1) is 0 Å². The van der Waals surface area contributed by atoms with Gasteiger partial charge < -0.3 is 4.98 Å². The van der Waals surface area contributed by atoms with Crippen LogP contribution in [0.25, 0.3) is 10.9 Å². The second-order valence-electron chi connectivity index (χ2n) is 4.52. The fourth-order valence-corrected chi connectivity index (χ4v) is 2.24. The van der Waals surface area contributed by atoms with Crippen LogP contribution >= 0.6 is 0 Å². The summed E-state index contributed by atoms with van der Waals surface area (Å²) in [6.07, 6.45) is 6.54. The van der Waals surface area contributed by atoms with E-state index in [-0.39, 0.29) is 0 Å². The Labute approximate surface area is 117 Å². The zero-order valence-corrected chi connectivity index (χ0v) is 11.3. The van der Waals surface area contributed by atoms with Crippen LogP contribution in [0, 0.1) is 0 Å². The van der Waals surface area contributed by atoms with Crippen LogP contribution < -0.4 is 5.43 Å². The van der Waals surface area contributed by atoms with Crippen molar-refractivity contribution in [1.82, 2.24) is 9.97 Å². The number of fused-ring (bicyclic) bond motifs is 1. The predicted molar refractivity (Wildman–Crippen MR) is 83.1 cm³/mol. The van der Waals surface area contributed by atoms with Crippen molar-refractivity contribution >= 4 is 22.9 Å². The number of anilines is 1. The zero-order valence-electron chi connectivity index (χ0n) is 11.3. The number of para-hydroxylation sites is 1. The number of nitrogens with zero attached hydrogens (tertiary/aromatic N) is 2. The van der Waals surface area contributed by atoms with E-state index in [9.17, 15) is 0 Å². The van der Waals surface area contributed by atoms with Gasteiger partial charge in [-0.3, -0.25) is 5.43 Å². The van der Waals surface area contributed by atoms with Crippen molar-refractivity contribution in [2.45, 2.75) is 13.3 Å². The molecule has 3 aromatic rings. The van der Waals surface area contributed by atoms with Gasteiger partial charge in [0.05, 0.1) is 6.21 Å². The quantitative estimate of drug-likeness (QED) is 0.559. The molecule has 0 aliphatic carbocycles. The van der Waals surface area contributed by atoms with E-state index >= 15 is 0 Å². The molecule has 4 heteroatoms. The number of rotatable bonds is 4. The number of benzene rings is 1. The van der Waals surface area contributed by atoms with E-state index in [1.807, 2.05) is 30.6 Å². The van der Waals surface area contributed by atoms with Gasteiger partial charge in [0.1, 0.15) is 5.82 Å². The second-order valence-corrected chi connectivity index (χ2v) is 4.52. The smallest absolute Gasteiger partial charge is 0.146 e. The molecule has 2 N–H and O–H groups in total. The van der Waals surface area contributed by atoms with Crippen LogP contribution in [0.4, 0.5) is 5.82 Å². The van der Waals surface area contributed by atoms with Gasteiger partial charge in [-0.25, -0.2) is 4.98 Å². The molecule has 1 aromatic carbocycles. The number of pyridine rings is 1. The third-order valence-electron chi connectivity index (χ3n) is 3.26. The molecule has 0 saturated heterocycles. The lowest BCUT2D eigenvalue weighted by atomic mass is 10.1. The normalized spacial score (nSPS) is 11.2. The van der Waals surface area contributed by atoms with E-state index in [1.54, 1.807) is 6.20 Å². The molecule has 0 radical (unpaired) electrons. The largest absolute Gasteiger partial charge is 0.360 e. The molecular weight excluding hydrogens is 248 g/mol. The van der Waals surface area contributed by atoms with E-state index in [4.69, 9.17) is 0 Å². The third-order valence-corrected chi connectivity index (χ3v) is 3.26. The molecule has 0 aliphatic heterocycles. The number of hydrogen-bond donors (Lipinski definition) is 2. The van der Waals surface area contributed by atoms with E-state index in [0.29, 0.717) is 0 Å². The van der Waals surface area contributed by atoms with Crippen molar-refractivity contribution < 1.29 is 0 Å². The summed E-state index contributed by atoms with van der Waals surface area (Å²) < 4.78 is 0. The van der Waals surface area contributed by atoms with Gasteiger partial charge in [0.25, 0.3) is 0 Å². The Bertz CT molecular complexity index is 729. The number of aromatic amines is 1. The molecule has 2 aromatic heterocycles. The molecule has 0 fully saturated rings. The summed E-state index contributed by atoms with van der Waals surface area (Å²) in [4.78, 5) is 7.48. The minimum Gasteiger partial charge on any atom is -0.360 e. The Morgan fingerprint density at radius 1 is 1.25 bits per heavy atom. The van der Waals surface area contributed by atoms with Gasteiger partial charge in [-0.05, 0) is 24.1 Å². The molecule has 0 aliphatic rings. The maximum atomic E-state index is 4.23. The van der Waals surface area contributed by atoms with Crippen LogP contribution in [0.3, 0.4) is 0 Å². The number of nitrogens with one attached hydrogen (secondary N) is 2. The van der Waals surface area contributed by atoms with Crippen molar-refractivity contribution in [3.8, 4) is 0 Å². The summed E-state index contributed by atoms with van der Waals surface area (Å²) in [6.45, 7) is 2.16. The number of aryl methyl sites for hydroxylation is 1. The molecule has 0 atom stereocenters. The van der Waals surface area contributed by atoms with Crippen LogP contribution in [0.2, 0.25) is 0 Å². The van der Waals surface area contributed by atoms with Gasteiger partial charge in [0, 0.05) is 28.9 Å². The van der Waals surface area contributed by atoms with Crippen molar-refractivity contribution in [3.63, 3.8) is 0 Å². The number of aromatic nitrogens is 2. The maximum Gasteiger partial charge on any atom is 0.146 e. The van der Waals surface area contributed by atoms with E-state index in [0.717, 1.165) is 17.8 Å². The first-order chi connectivity index (χ1) is 9.88. The molecule has 100 valence electrons. The fraction of sp³-hybridized carbons (Fsp3) is 0.125. The van der Waals surface area contributed by atoms with Gasteiger partial charge >= 0.3 is 0 Å². The van der Waals surface area contributed by atoms with Crippen LogP contribution in [0.15, 0.2) is 53.9 Å². The van der Waals surface area contributed by atoms with Gasteiger partial charge in [0.15, 0.2) is 0 Å². The second kappa shape index (κ2) is 5.57. The predicted octanol–water partition coefficient (Wildman–Crippen LogP) is 3.57. The summed E-state index contributed by atoms with van der Waals surface area (Å²) in [7, 11) is 0. The molecule has 0 spiro atoms. The minimum atomic E-state index is 0.734. The molecule has 3 rings (SSSR count). The molecule has 0 saturated carbocycles. The van der Waals surface area contributed by atoms with Crippen LogP contribution in [-0.4, -0.2) is 16.2 Å². The van der Waals surface area contributed by atoms with E-state index < -0.39 is 0 Å². The monoisotopic (exact) mass is 264 g/mol. The first-order valence-electron chi connectivity index (χ1n) is 6.67. The van der Waals surface area contributed by atoms with Crippen LogP contribution in [0.5, 0.6) is 0 Å². The number of hydrazone groups is 1. The summed E-state index contributed by atoms with van der Waals surface area (Å²) in [5.41, 5.74) is 6.50.